The van der Waals surface area contributed by atoms with Crippen molar-refractivity contribution in [2.75, 3.05) is 39.3 Å². The molecule has 1 saturated heterocycles. The number of nitrogens with one attached hydrogen (secondary N) is 2. The molecule has 2 rings (SSSR count). The van der Waals surface area contributed by atoms with Crippen molar-refractivity contribution in [3.05, 3.63) is 34.9 Å². The van der Waals surface area contributed by atoms with Gasteiger partial charge in [0.05, 0.1) is 0 Å². The summed E-state index contributed by atoms with van der Waals surface area (Å²) in [6.45, 7) is 9.53. The summed E-state index contributed by atoms with van der Waals surface area (Å²) in [5, 5.41) is 6.62. The van der Waals surface area contributed by atoms with Gasteiger partial charge in [0.1, 0.15) is 5.60 Å². The largest absolute Gasteiger partial charge is 0.444 e. The first kappa shape index (κ1) is 21.3. The van der Waals surface area contributed by atoms with Gasteiger partial charge < -0.3 is 25.2 Å². The number of benzene rings is 1. The summed E-state index contributed by atoms with van der Waals surface area (Å²) in [6.07, 6.45) is -0.483. The van der Waals surface area contributed by atoms with Crippen LogP contribution in [0.25, 0.3) is 0 Å². The molecule has 27 heavy (non-hydrogen) atoms. The average Bonchev–Trinajstić information content (AvgIpc) is 2.61. The molecule has 1 heterocycles. The predicted octanol–water partition coefficient (Wildman–Crippen LogP) is 2.69. The number of carbonyl (C=O) groups is 2. The summed E-state index contributed by atoms with van der Waals surface area (Å²) in [6, 6.07) is 7.40. The summed E-state index contributed by atoms with van der Waals surface area (Å²) in [7, 11) is 0. The number of alkyl carbamates (subject to hydrolysis) is 1. The fourth-order valence-electron chi connectivity index (χ4n) is 2.72. The molecule has 0 radical (unpaired) electrons. The van der Waals surface area contributed by atoms with Crippen LogP contribution in [0.2, 0.25) is 5.02 Å². The van der Waals surface area contributed by atoms with Crippen molar-refractivity contribution in [1.82, 2.24) is 20.4 Å². The summed E-state index contributed by atoms with van der Waals surface area (Å²) < 4.78 is 5.24. The standard InChI is InChI=1S/C19H29ClN4O3/c1-19(2,3)27-17(25)22-10-13-24(14-15-4-6-16(20)7-5-15)18(26)23-11-8-21-9-12-23/h4-7,21H,8-14H2,1-3H3,(H,22,25). The second-order valence-corrected chi connectivity index (χ2v) is 7.93. The Morgan fingerprint density at radius 1 is 1.22 bits per heavy atom. The predicted molar refractivity (Wildman–Crippen MR) is 106 cm³/mol. The number of halogens is 1. The van der Waals surface area contributed by atoms with Crippen molar-refractivity contribution in [1.29, 1.82) is 0 Å². The molecule has 0 aliphatic carbocycles. The molecule has 150 valence electrons. The van der Waals surface area contributed by atoms with Gasteiger partial charge in [0.15, 0.2) is 0 Å². The van der Waals surface area contributed by atoms with Crippen molar-refractivity contribution in [2.24, 2.45) is 0 Å². The van der Waals surface area contributed by atoms with Crippen LogP contribution >= 0.6 is 11.6 Å². The van der Waals surface area contributed by atoms with Gasteiger partial charge in [-0.1, -0.05) is 23.7 Å². The lowest BCUT2D eigenvalue weighted by Gasteiger charge is -2.33. The zero-order valence-electron chi connectivity index (χ0n) is 16.3. The molecule has 3 amide bonds. The van der Waals surface area contributed by atoms with Crippen LogP contribution in [0.5, 0.6) is 0 Å². The van der Waals surface area contributed by atoms with Crippen LogP contribution < -0.4 is 10.6 Å². The lowest BCUT2D eigenvalue weighted by atomic mass is 10.2. The van der Waals surface area contributed by atoms with Gasteiger partial charge in [-0.15, -0.1) is 0 Å². The second-order valence-electron chi connectivity index (χ2n) is 7.50. The van der Waals surface area contributed by atoms with Crippen LogP contribution in [0.15, 0.2) is 24.3 Å². The summed E-state index contributed by atoms with van der Waals surface area (Å²) in [5.41, 5.74) is 0.434. The number of amides is 3. The maximum Gasteiger partial charge on any atom is 0.407 e. The molecule has 8 heteroatoms. The number of piperazine rings is 1. The summed E-state index contributed by atoms with van der Waals surface area (Å²) in [5.74, 6) is 0. The van der Waals surface area contributed by atoms with E-state index in [1.165, 1.54) is 0 Å². The molecule has 0 saturated carbocycles. The maximum absolute atomic E-state index is 12.9. The first-order valence-electron chi connectivity index (χ1n) is 9.20. The number of urea groups is 1. The number of rotatable bonds is 5. The van der Waals surface area contributed by atoms with Crippen LogP contribution in [0.1, 0.15) is 26.3 Å². The zero-order chi connectivity index (χ0) is 19.9. The Balaban J connectivity index is 1.96. The van der Waals surface area contributed by atoms with E-state index in [-0.39, 0.29) is 6.03 Å². The number of carbonyl (C=O) groups excluding carboxylic acids is 2. The Labute approximate surface area is 166 Å². The highest BCUT2D eigenvalue weighted by molar-refractivity contribution is 6.30. The van der Waals surface area contributed by atoms with Crippen molar-refractivity contribution in [2.45, 2.75) is 32.9 Å². The summed E-state index contributed by atoms with van der Waals surface area (Å²) >= 11 is 5.95. The van der Waals surface area contributed by atoms with E-state index in [9.17, 15) is 9.59 Å². The van der Waals surface area contributed by atoms with Crippen molar-refractivity contribution >= 4 is 23.7 Å². The minimum Gasteiger partial charge on any atom is -0.444 e. The quantitative estimate of drug-likeness (QED) is 0.802. The Morgan fingerprint density at radius 2 is 1.85 bits per heavy atom. The zero-order valence-corrected chi connectivity index (χ0v) is 17.0. The maximum atomic E-state index is 12.9. The third kappa shape index (κ3) is 7.64. The van der Waals surface area contributed by atoms with Gasteiger partial charge in [-0.2, -0.15) is 0 Å². The minimum atomic E-state index is -0.552. The molecular weight excluding hydrogens is 368 g/mol. The summed E-state index contributed by atoms with van der Waals surface area (Å²) in [4.78, 5) is 28.3. The average molecular weight is 397 g/mol. The van der Waals surface area contributed by atoms with Crippen LogP contribution in [-0.4, -0.2) is 66.8 Å². The van der Waals surface area contributed by atoms with E-state index in [1.807, 2.05) is 49.9 Å². The number of hydrogen-bond acceptors (Lipinski definition) is 4. The molecule has 0 spiro atoms. The first-order valence-corrected chi connectivity index (χ1v) is 9.58. The fraction of sp³-hybridized carbons (Fsp3) is 0.579. The topological polar surface area (TPSA) is 73.9 Å². The van der Waals surface area contributed by atoms with Gasteiger partial charge in [-0.05, 0) is 38.5 Å². The van der Waals surface area contributed by atoms with Gasteiger partial charge in [0, 0.05) is 50.8 Å². The molecule has 0 unspecified atom stereocenters. The molecule has 0 aromatic heterocycles. The molecule has 1 aromatic carbocycles. The molecule has 2 N–H and O–H groups in total. The number of ether oxygens (including phenoxy) is 1. The lowest BCUT2D eigenvalue weighted by molar-refractivity contribution is 0.0521. The Bertz CT molecular complexity index is 625. The molecule has 0 atom stereocenters. The van der Waals surface area contributed by atoms with E-state index in [4.69, 9.17) is 16.3 Å². The fourth-order valence-corrected chi connectivity index (χ4v) is 2.84. The molecule has 0 bridgehead atoms. The Hall–Kier alpha value is -1.99. The van der Waals surface area contributed by atoms with Crippen LogP contribution in [0, 0.1) is 0 Å². The Kier molecular flexibility index (Phi) is 7.74. The van der Waals surface area contributed by atoms with Gasteiger partial charge in [0.25, 0.3) is 0 Å². The van der Waals surface area contributed by atoms with Crippen molar-refractivity contribution < 1.29 is 14.3 Å². The molecular formula is C19H29ClN4O3. The number of hydrogen-bond donors (Lipinski definition) is 2. The van der Waals surface area contributed by atoms with E-state index in [1.54, 1.807) is 4.90 Å². The third-order valence-corrected chi connectivity index (χ3v) is 4.25. The van der Waals surface area contributed by atoms with Gasteiger partial charge in [-0.3, -0.25) is 0 Å². The van der Waals surface area contributed by atoms with E-state index in [0.29, 0.717) is 37.7 Å². The minimum absolute atomic E-state index is 0.0301. The molecule has 1 aliphatic rings. The van der Waals surface area contributed by atoms with E-state index >= 15 is 0 Å². The van der Waals surface area contributed by atoms with Crippen molar-refractivity contribution in [3.63, 3.8) is 0 Å². The monoisotopic (exact) mass is 396 g/mol. The third-order valence-electron chi connectivity index (χ3n) is 3.99. The van der Waals surface area contributed by atoms with Crippen molar-refractivity contribution in [3.8, 4) is 0 Å². The molecule has 1 aromatic rings. The SMILES string of the molecule is CC(C)(C)OC(=O)NCCN(Cc1ccc(Cl)cc1)C(=O)N1CCNCC1. The van der Waals surface area contributed by atoms with Crippen LogP contribution in [0.4, 0.5) is 9.59 Å². The second kappa shape index (κ2) is 9.80. The normalized spacial score (nSPS) is 14.6. The highest BCUT2D eigenvalue weighted by atomic mass is 35.5. The van der Waals surface area contributed by atoms with E-state index in [2.05, 4.69) is 10.6 Å². The van der Waals surface area contributed by atoms with Gasteiger partial charge in [-0.25, -0.2) is 9.59 Å². The van der Waals surface area contributed by atoms with Gasteiger partial charge in [0.2, 0.25) is 0 Å². The first-order chi connectivity index (χ1) is 12.7. The molecule has 7 nitrogen and oxygen atoms in total. The van der Waals surface area contributed by atoms with Crippen LogP contribution in [-0.2, 0) is 11.3 Å². The van der Waals surface area contributed by atoms with E-state index in [0.717, 1.165) is 18.7 Å². The van der Waals surface area contributed by atoms with E-state index < -0.39 is 11.7 Å². The Morgan fingerprint density at radius 3 is 2.44 bits per heavy atom. The molecule has 1 aliphatic heterocycles. The highest BCUT2D eigenvalue weighted by Crippen LogP contribution is 2.13. The number of nitrogens with zero attached hydrogens (tertiary/aromatic N) is 2. The van der Waals surface area contributed by atoms with Crippen LogP contribution in [0.3, 0.4) is 0 Å². The highest BCUT2D eigenvalue weighted by Gasteiger charge is 2.23. The van der Waals surface area contributed by atoms with Gasteiger partial charge >= 0.3 is 12.1 Å². The smallest absolute Gasteiger partial charge is 0.407 e. The lowest BCUT2D eigenvalue weighted by Crippen LogP contribution is -2.52. The molecule has 1 fully saturated rings.